The highest BCUT2D eigenvalue weighted by atomic mass is 16.7. The number of hydroxylamine groups is 2. The van der Waals surface area contributed by atoms with Gasteiger partial charge in [-0.1, -0.05) is 18.2 Å². The van der Waals surface area contributed by atoms with E-state index in [9.17, 15) is 9.90 Å². The molecule has 1 amide bonds. The van der Waals surface area contributed by atoms with E-state index >= 15 is 0 Å². The largest absolute Gasteiger partial charge is 0.507 e. The number of amides is 1. The van der Waals surface area contributed by atoms with E-state index in [-0.39, 0.29) is 12.2 Å². The second kappa shape index (κ2) is 9.77. The van der Waals surface area contributed by atoms with E-state index in [4.69, 9.17) is 20.0 Å². The lowest BCUT2D eigenvalue weighted by molar-refractivity contribution is -0.133. The van der Waals surface area contributed by atoms with Crippen LogP contribution in [0.3, 0.4) is 0 Å². The first kappa shape index (κ1) is 22.4. The summed E-state index contributed by atoms with van der Waals surface area (Å²) < 4.78 is 11.5. The van der Waals surface area contributed by atoms with Crippen molar-refractivity contribution in [3.05, 3.63) is 53.1 Å². The summed E-state index contributed by atoms with van der Waals surface area (Å²) >= 11 is 0. The topological polar surface area (TPSA) is 106 Å². The summed E-state index contributed by atoms with van der Waals surface area (Å²) in [5.74, 6) is 1.32. The number of nitrogens with zero attached hydrogens (tertiary/aromatic N) is 1. The lowest BCUT2D eigenvalue weighted by Gasteiger charge is -2.39. The Labute approximate surface area is 188 Å². The number of piperidine rings is 1. The van der Waals surface area contributed by atoms with E-state index < -0.39 is 6.09 Å². The molecular formula is C24H31N3O5. The van der Waals surface area contributed by atoms with Gasteiger partial charge in [-0.3, -0.25) is 5.32 Å². The molecule has 2 aliphatic rings. The van der Waals surface area contributed by atoms with Crippen LogP contribution in [0.1, 0.15) is 35.6 Å². The number of phenolic OH excluding ortho intramolecular Hbond substituents is 1. The minimum absolute atomic E-state index is 0.0171. The Morgan fingerprint density at radius 2 is 2.06 bits per heavy atom. The monoisotopic (exact) mass is 441 g/mol. The van der Waals surface area contributed by atoms with Gasteiger partial charge >= 0.3 is 6.09 Å². The number of aryl methyl sites for hydroxylation is 1. The zero-order valence-corrected chi connectivity index (χ0v) is 18.5. The highest BCUT2D eigenvalue weighted by molar-refractivity contribution is 5.84. The van der Waals surface area contributed by atoms with Gasteiger partial charge in [-0.05, 0) is 48.9 Å². The number of aromatic hydroxyl groups is 1. The predicted octanol–water partition coefficient (Wildman–Crippen LogP) is 3.53. The second-order valence-electron chi connectivity index (χ2n) is 8.40. The molecule has 1 fully saturated rings. The van der Waals surface area contributed by atoms with Crippen LogP contribution in [0.5, 0.6) is 11.5 Å². The molecule has 172 valence electrons. The summed E-state index contributed by atoms with van der Waals surface area (Å²) in [6.07, 6.45) is 1.58. The van der Waals surface area contributed by atoms with Gasteiger partial charge in [0.15, 0.2) is 0 Å². The maximum Gasteiger partial charge on any atom is 0.430 e. The number of hydrogen-bond donors (Lipinski definition) is 3. The molecule has 2 aromatic carbocycles. The fourth-order valence-electron chi connectivity index (χ4n) is 4.58. The van der Waals surface area contributed by atoms with E-state index in [0.717, 1.165) is 29.5 Å². The van der Waals surface area contributed by atoms with Crippen molar-refractivity contribution < 1.29 is 24.2 Å². The van der Waals surface area contributed by atoms with Crippen LogP contribution in [0.15, 0.2) is 36.4 Å². The van der Waals surface area contributed by atoms with Crippen LogP contribution in [0, 0.1) is 12.8 Å². The molecule has 0 aliphatic carbocycles. The van der Waals surface area contributed by atoms with Crippen LogP contribution < -0.4 is 15.8 Å². The Bertz CT molecular complexity index is 959. The Morgan fingerprint density at radius 3 is 2.78 bits per heavy atom. The summed E-state index contributed by atoms with van der Waals surface area (Å²) in [6.45, 7) is 3.52. The number of benzene rings is 2. The van der Waals surface area contributed by atoms with Crippen molar-refractivity contribution in [3.8, 4) is 11.5 Å². The standard InChI is InChI=1S/C24H31N3O5/c1-15-6-7-19-20(23(15)28)13-21(31-22(19)14-25)16-8-10-27(11-9-16)32-24(29)26-17-4-3-5-18(12-17)30-2/h3-7,12,16,21-22,28H,8-11,13-14,25H2,1-2H3,(H,26,29)/t21-,22-/m0/s1. The number of anilines is 1. The third kappa shape index (κ3) is 4.82. The number of nitrogens with two attached hydrogens (primary N) is 1. The van der Waals surface area contributed by atoms with Crippen LogP contribution in [-0.4, -0.2) is 49.1 Å². The predicted molar refractivity (Wildman–Crippen MR) is 121 cm³/mol. The van der Waals surface area contributed by atoms with Crippen LogP contribution >= 0.6 is 0 Å². The second-order valence-corrected chi connectivity index (χ2v) is 8.40. The van der Waals surface area contributed by atoms with Crippen LogP contribution in [0.4, 0.5) is 10.5 Å². The van der Waals surface area contributed by atoms with Gasteiger partial charge in [0.25, 0.3) is 0 Å². The molecule has 2 heterocycles. The maximum absolute atomic E-state index is 12.3. The molecule has 8 nitrogen and oxygen atoms in total. The van der Waals surface area contributed by atoms with Crippen LogP contribution in [-0.2, 0) is 16.0 Å². The van der Waals surface area contributed by atoms with Crippen molar-refractivity contribution in [3.63, 3.8) is 0 Å². The number of nitrogens with one attached hydrogen (secondary N) is 1. The summed E-state index contributed by atoms with van der Waals surface area (Å²) in [5.41, 5.74) is 9.39. The third-order valence-corrected chi connectivity index (χ3v) is 6.38. The molecule has 4 rings (SSSR count). The molecule has 2 aromatic rings. The third-order valence-electron chi connectivity index (χ3n) is 6.38. The number of phenols is 1. The molecule has 2 aliphatic heterocycles. The molecular weight excluding hydrogens is 410 g/mol. The summed E-state index contributed by atoms with van der Waals surface area (Å²) in [5, 5.41) is 15.0. The first-order chi connectivity index (χ1) is 15.5. The molecule has 4 N–H and O–H groups in total. The van der Waals surface area contributed by atoms with E-state index in [2.05, 4.69) is 5.32 Å². The van der Waals surface area contributed by atoms with Crippen molar-refractivity contribution in [1.29, 1.82) is 0 Å². The fourth-order valence-corrected chi connectivity index (χ4v) is 4.58. The molecule has 0 aromatic heterocycles. The lowest BCUT2D eigenvalue weighted by Crippen LogP contribution is -2.43. The smallest absolute Gasteiger partial charge is 0.430 e. The van der Waals surface area contributed by atoms with Gasteiger partial charge < -0.3 is 25.2 Å². The van der Waals surface area contributed by atoms with Crippen molar-refractivity contribution in [1.82, 2.24) is 5.06 Å². The van der Waals surface area contributed by atoms with E-state index in [1.165, 1.54) is 0 Å². The summed E-state index contributed by atoms with van der Waals surface area (Å²) in [4.78, 5) is 17.7. The van der Waals surface area contributed by atoms with E-state index in [0.29, 0.717) is 49.2 Å². The molecule has 32 heavy (non-hydrogen) atoms. The maximum atomic E-state index is 12.3. The van der Waals surface area contributed by atoms with Crippen molar-refractivity contribution in [2.24, 2.45) is 11.7 Å². The first-order valence-electron chi connectivity index (χ1n) is 11.0. The number of hydrogen-bond acceptors (Lipinski definition) is 7. The fraction of sp³-hybridized carbons (Fsp3) is 0.458. The van der Waals surface area contributed by atoms with Crippen molar-refractivity contribution in [2.75, 3.05) is 32.1 Å². The molecule has 1 saturated heterocycles. The highest BCUT2D eigenvalue weighted by Crippen LogP contribution is 2.40. The average Bonchev–Trinajstić information content (AvgIpc) is 2.81. The normalized spacial score (nSPS) is 21.6. The van der Waals surface area contributed by atoms with E-state index in [1.807, 2.05) is 25.1 Å². The minimum atomic E-state index is -0.525. The first-order valence-corrected chi connectivity index (χ1v) is 11.0. The van der Waals surface area contributed by atoms with Gasteiger partial charge in [0, 0.05) is 43.4 Å². The van der Waals surface area contributed by atoms with Crippen molar-refractivity contribution in [2.45, 2.75) is 38.4 Å². The number of fused-ring (bicyclic) bond motifs is 1. The molecule has 0 unspecified atom stereocenters. The molecule has 0 saturated carbocycles. The van der Waals surface area contributed by atoms with Gasteiger partial charge in [-0.15, -0.1) is 5.06 Å². The zero-order valence-electron chi connectivity index (χ0n) is 18.5. The van der Waals surface area contributed by atoms with Crippen LogP contribution in [0.25, 0.3) is 0 Å². The number of carbonyl (C=O) groups excluding carboxylic acids is 1. The molecule has 0 radical (unpaired) electrons. The number of carbonyl (C=O) groups is 1. The number of methoxy groups -OCH3 is 1. The van der Waals surface area contributed by atoms with Gasteiger partial charge in [0.1, 0.15) is 11.5 Å². The summed E-state index contributed by atoms with van der Waals surface area (Å²) in [7, 11) is 1.58. The van der Waals surface area contributed by atoms with Crippen LogP contribution in [0.2, 0.25) is 0 Å². The van der Waals surface area contributed by atoms with Gasteiger partial charge in [0.05, 0.1) is 19.3 Å². The average molecular weight is 442 g/mol. The molecule has 2 atom stereocenters. The van der Waals surface area contributed by atoms with Crippen molar-refractivity contribution >= 4 is 11.8 Å². The lowest BCUT2D eigenvalue weighted by atomic mass is 9.83. The molecule has 0 bridgehead atoms. The Kier molecular flexibility index (Phi) is 6.83. The summed E-state index contributed by atoms with van der Waals surface area (Å²) in [6, 6.07) is 11.0. The number of ether oxygens (including phenoxy) is 2. The van der Waals surface area contributed by atoms with Gasteiger partial charge in [0.2, 0.25) is 0 Å². The Balaban J connectivity index is 1.32. The highest BCUT2D eigenvalue weighted by Gasteiger charge is 2.36. The van der Waals surface area contributed by atoms with Gasteiger partial charge in [-0.2, -0.15) is 0 Å². The zero-order chi connectivity index (χ0) is 22.7. The Morgan fingerprint density at radius 1 is 1.28 bits per heavy atom. The SMILES string of the molecule is COc1cccc(NC(=O)ON2CCC([C@@H]3Cc4c(ccc(C)c4O)[C@H](CN)O3)CC2)c1. The molecule has 8 heteroatoms. The minimum Gasteiger partial charge on any atom is -0.507 e. The van der Waals surface area contributed by atoms with Gasteiger partial charge in [-0.25, -0.2) is 4.79 Å². The number of rotatable bonds is 5. The van der Waals surface area contributed by atoms with E-state index in [1.54, 1.807) is 30.4 Å². The quantitative estimate of drug-likeness (QED) is 0.652. The molecule has 0 spiro atoms. The Hall–Kier alpha value is -2.81.